The molecular formula is C53H39N. The molecule has 0 aromatic heterocycles. The van der Waals surface area contributed by atoms with Crippen LogP contribution in [0, 0.1) is 0 Å². The van der Waals surface area contributed by atoms with Crippen molar-refractivity contribution >= 4 is 38.6 Å². The first-order valence-electron chi connectivity index (χ1n) is 18.8. The Morgan fingerprint density at radius 3 is 1.31 bits per heavy atom. The van der Waals surface area contributed by atoms with Crippen LogP contribution in [0.5, 0.6) is 0 Å². The highest BCUT2D eigenvalue weighted by atomic mass is 15.1. The van der Waals surface area contributed by atoms with Gasteiger partial charge in [0.25, 0.3) is 0 Å². The first-order chi connectivity index (χ1) is 26.5. The number of fused-ring (bicyclic) bond motifs is 6. The molecule has 0 aliphatic heterocycles. The molecule has 0 bridgehead atoms. The number of anilines is 3. The topological polar surface area (TPSA) is 3.24 Å². The van der Waals surface area contributed by atoms with Gasteiger partial charge in [0, 0.05) is 22.5 Å². The molecule has 0 fully saturated rings. The van der Waals surface area contributed by atoms with Crippen molar-refractivity contribution in [1.82, 2.24) is 0 Å². The zero-order valence-corrected chi connectivity index (χ0v) is 30.5. The van der Waals surface area contributed by atoms with Gasteiger partial charge in [-0.25, -0.2) is 0 Å². The molecule has 0 unspecified atom stereocenters. The van der Waals surface area contributed by atoms with Crippen molar-refractivity contribution in [2.75, 3.05) is 4.90 Å². The Balaban J connectivity index is 1.02. The molecule has 1 aliphatic carbocycles. The van der Waals surface area contributed by atoms with Crippen LogP contribution in [-0.2, 0) is 5.41 Å². The highest BCUT2D eigenvalue weighted by Crippen LogP contribution is 2.50. The molecular weight excluding hydrogens is 651 g/mol. The minimum absolute atomic E-state index is 0.0831. The lowest BCUT2D eigenvalue weighted by Crippen LogP contribution is -2.16. The third kappa shape index (κ3) is 5.40. The second-order valence-electron chi connectivity index (χ2n) is 15.0. The van der Waals surface area contributed by atoms with E-state index in [2.05, 4.69) is 219 Å². The van der Waals surface area contributed by atoms with Crippen LogP contribution in [0.4, 0.5) is 17.1 Å². The van der Waals surface area contributed by atoms with E-state index in [4.69, 9.17) is 0 Å². The van der Waals surface area contributed by atoms with E-state index in [1.54, 1.807) is 0 Å². The second kappa shape index (κ2) is 12.8. The summed E-state index contributed by atoms with van der Waals surface area (Å²) in [4.78, 5) is 2.40. The Kier molecular flexibility index (Phi) is 7.56. The molecule has 0 spiro atoms. The zero-order chi connectivity index (χ0) is 36.2. The van der Waals surface area contributed by atoms with Gasteiger partial charge < -0.3 is 4.90 Å². The summed E-state index contributed by atoms with van der Waals surface area (Å²) in [7, 11) is 0. The van der Waals surface area contributed by atoms with Crippen molar-refractivity contribution in [2.24, 2.45) is 0 Å². The largest absolute Gasteiger partial charge is 0.310 e. The molecule has 10 rings (SSSR count). The van der Waals surface area contributed by atoms with Gasteiger partial charge in [-0.15, -0.1) is 0 Å². The maximum absolute atomic E-state index is 2.41. The fourth-order valence-corrected chi connectivity index (χ4v) is 8.58. The molecule has 0 heterocycles. The lowest BCUT2D eigenvalue weighted by molar-refractivity contribution is 0.660. The van der Waals surface area contributed by atoms with Crippen LogP contribution in [0.25, 0.3) is 66.1 Å². The normalized spacial score (nSPS) is 12.8. The van der Waals surface area contributed by atoms with Crippen LogP contribution in [0.15, 0.2) is 200 Å². The molecule has 9 aromatic carbocycles. The van der Waals surface area contributed by atoms with Gasteiger partial charge in [0.1, 0.15) is 0 Å². The molecule has 0 saturated carbocycles. The standard InChI is InChI=1S/C53H39N/c1-53(2)51-16-10-9-15-49(51)50-32-29-46(35-52(50)53)54(44-25-19-38(20-26-44)36-11-5-3-6-12-36)45-27-21-39(22-28-45)41-24-31-48-43(34-41)18-17-42-33-40(23-30-47(42)48)37-13-7-4-8-14-37/h3-35H,1-2H3. The van der Waals surface area contributed by atoms with E-state index in [0.717, 1.165) is 17.1 Å². The second-order valence-corrected chi connectivity index (χ2v) is 15.0. The van der Waals surface area contributed by atoms with Gasteiger partial charge in [-0.2, -0.15) is 0 Å². The Morgan fingerprint density at radius 2 is 0.741 bits per heavy atom. The average molecular weight is 690 g/mol. The molecule has 0 saturated heterocycles. The summed E-state index contributed by atoms with van der Waals surface area (Å²) in [6.45, 7) is 4.70. The van der Waals surface area contributed by atoms with E-state index in [-0.39, 0.29) is 5.41 Å². The Labute approximate surface area is 317 Å². The number of hydrogen-bond acceptors (Lipinski definition) is 1. The number of nitrogens with zero attached hydrogens (tertiary/aromatic N) is 1. The van der Waals surface area contributed by atoms with Gasteiger partial charge in [0.15, 0.2) is 0 Å². The van der Waals surface area contributed by atoms with E-state index < -0.39 is 0 Å². The predicted molar refractivity (Wildman–Crippen MR) is 230 cm³/mol. The van der Waals surface area contributed by atoms with Crippen molar-refractivity contribution in [3.8, 4) is 44.5 Å². The van der Waals surface area contributed by atoms with Crippen molar-refractivity contribution in [2.45, 2.75) is 19.3 Å². The van der Waals surface area contributed by atoms with Crippen LogP contribution in [0.2, 0.25) is 0 Å². The molecule has 0 N–H and O–H groups in total. The Bertz CT molecular complexity index is 2810. The Morgan fingerprint density at radius 1 is 0.315 bits per heavy atom. The van der Waals surface area contributed by atoms with Crippen molar-refractivity contribution < 1.29 is 0 Å². The third-order valence-electron chi connectivity index (χ3n) is 11.5. The van der Waals surface area contributed by atoms with Crippen LogP contribution < -0.4 is 4.90 Å². The van der Waals surface area contributed by atoms with E-state index in [1.807, 2.05) is 0 Å². The first-order valence-corrected chi connectivity index (χ1v) is 18.8. The van der Waals surface area contributed by atoms with E-state index in [9.17, 15) is 0 Å². The summed E-state index contributed by atoms with van der Waals surface area (Å²) in [6, 6.07) is 73.3. The third-order valence-corrected chi connectivity index (χ3v) is 11.5. The van der Waals surface area contributed by atoms with E-state index >= 15 is 0 Å². The van der Waals surface area contributed by atoms with Gasteiger partial charge in [-0.05, 0) is 126 Å². The van der Waals surface area contributed by atoms with Crippen molar-refractivity contribution in [3.05, 3.63) is 211 Å². The van der Waals surface area contributed by atoms with Crippen molar-refractivity contribution in [3.63, 3.8) is 0 Å². The molecule has 54 heavy (non-hydrogen) atoms. The molecule has 1 aliphatic rings. The van der Waals surface area contributed by atoms with Crippen molar-refractivity contribution in [1.29, 1.82) is 0 Å². The molecule has 0 radical (unpaired) electrons. The summed E-state index contributed by atoms with van der Waals surface area (Å²) >= 11 is 0. The lowest BCUT2D eigenvalue weighted by Gasteiger charge is -2.28. The van der Waals surface area contributed by atoms with Gasteiger partial charge in [-0.1, -0.05) is 166 Å². The maximum atomic E-state index is 2.41. The number of rotatable bonds is 6. The quantitative estimate of drug-likeness (QED) is 0.157. The number of benzene rings is 9. The highest BCUT2D eigenvalue weighted by Gasteiger charge is 2.35. The fourth-order valence-electron chi connectivity index (χ4n) is 8.58. The van der Waals surface area contributed by atoms with Crippen LogP contribution in [-0.4, -0.2) is 0 Å². The zero-order valence-electron chi connectivity index (χ0n) is 30.5. The van der Waals surface area contributed by atoms with E-state index in [0.29, 0.717) is 0 Å². The molecule has 256 valence electrons. The SMILES string of the molecule is CC1(C)c2ccccc2-c2ccc(N(c3ccc(-c4ccccc4)cc3)c3ccc(-c4ccc5c(ccc6cc(-c7ccccc7)ccc65)c4)cc3)cc21. The van der Waals surface area contributed by atoms with Crippen LogP contribution in [0.3, 0.4) is 0 Å². The summed E-state index contributed by atoms with van der Waals surface area (Å²) in [5, 5.41) is 5.07. The molecule has 0 atom stereocenters. The smallest absolute Gasteiger partial charge is 0.0465 e. The van der Waals surface area contributed by atoms with Gasteiger partial charge in [0.2, 0.25) is 0 Å². The average Bonchev–Trinajstić information content (AvgIpc) is 3.47. The molecule has 0 amide bonds. The van der Waals surface area contributed by atoms with Crippen LogP contribution >= 0.6 is 0 Å². The van der Waals surface area contributed by atoms with Gasteiger partial charge in [-0.3, -0.25) is 0 Å². The summed E-state index contributed by atoms with van der Waals surface area (Å²) < 4.78 is 0. The highest BCUT2D eigenvalue weighted by molar-refractivity contribution is 6.09. The summed E-state index contributed by atoms with van der Waals surface area (Å²) in [6.07, 6.45) is 0. The number of hydrogen-bond donors (Lipinski definition) is 0. The summed E-state index contributed by atoms with van der Waals surface area (Å²) in [5.74, 6) is 0. The summed E-state index contributed by atoms with van der Waals surface area (Å²) in [5.41, 5.74) is 16.1. The maximum Gasteiger partial charge on any atom is 0.0465 e. The lowest BCUT2D eigenvalue weighted by atomic mass is 9.82. The monoisotopic (exact) mass is 689 g/mol. The molecule has 9 aromatic rings. The molecule has 1 nitrogen and oxygen atoms in total. The van der Waals surface area contributed by atoms with Gasteiger partial charge in [0.05, 0.1) is 0 Å². The fraction of sp³-hybridized carbons (Fsp3) is 0.0566. The predicted octanol–water partition coefficient (Wildman–Crippen LogP) is 14.8. The molecule has 1 heteroatoms. The van der Waals surface area contributed by atoms with Gasteiger partial charge >= 0.3 is 0 Å². The first kappa shape index (κ1) is 32.0. The van der Waals surface area contributed by atoms with E-state index in [1.165, 1.54) is 77.2 Å². The minimum atomic E-state index is -0.0831. The van der Waals surface area contributed by atoms with Crippen LogP contribution in [0.1, 0.15) is 25.0 Å². The Hall–Kier alpha value is -6.70. The minimum Gasteiger partial charge on any atom is -0.310 e.